The smallest absolute Gasteiger partial charge is 0.329 e. The van der Waals surface area contributed by atoms with Crippen LogP contribution in [0.15, 0.2) is 35.4 Å². The van der Waals surface area contributed by atoms with E-state index in [1.807, 2.05) is 18.2 Å². The Hall–Kier alpha value is -2.17. The summed E-state index contributed by atoms with van der Waals surface area (Å²) in [7, 11) is 0. The lowest BCUT2D eigenvalue weighted by molar-refractivity contribution is -0.137. The van der Waals surface area contributed by atoms with E-state index >= 15 is 0 Å². The molecule has 5 heteroatoms. The van der Waals surface area contributed by atoms with Crippen molar-refractivity contribution in [1.29, 1.82) is 0 Å². The lowest BCUT2D eigenvalue weighted by Gasteiger charge is -2.24. The number of hydrogen-bond donors (Lipinski definition) is 2. The van der Waals surface area contributed by atoms with Crippen molar-refractivity contribution < 1.29 is 9.59 Å². The number of carbonyl (C=O) groups excluding carboxylic acids is 2. The second-order valence-electron chi connectivity index (χ2n) is 4.62. The molecule has 0 radical (unpaired) electrons. The fourth-order valence-electron chi connectivity index (χ4n) is 2.35. The highest BCUT2D eigenvalue weighted by Gasteiger charge is 2.22. The number of hydrogen-bond acceptors (Lipinski definition) is 3. The predicted octanol–water partition coefficient (Wildman–Crippen LogP) is 1.30. The Morgan fingerprint density at radius 2 is 1.95 bits per heavy atom. The topological polar surface area (TPSA) is 84.5 Å². The van der Waals surface area contributed by atoms with Crippen molar-refractivity contribution in [1.82, 2.24) is 5.43 Å². The van der Waals surface area contributed by atoms with Crippen LogP contribution in [0.1, 0.15) is 37.2 Å². The van der Waals surface area contributed by atoms with Crippen molar-refractivity contribution in [2.45, 2.75) is 31.6 Å². The van der Waals surface area contributed by atoms with Gasteiger partial charge in [-0.3, -0.25) is 9.59 Å². The largest absolute Gasteiger partial charge is 0.361 e. The summed E-state index contributed by atoms with van der Waals surface area (Å²) in [6.45, 7) is 0. The van der Waals surface area contributed by atoms with E-state index in [-0.39, 0.29) is 5.92 Å². The van der Waals surface area contributed by atoms with Gasteiger partial charge in [0.2, 0.25) is 0 Å². The summed E-state index contributed by atoms with van der Waals surface area (Å²) in [4.78, 5) is 21.8. The molecule has 0 saturated heterocycles. The molecule has 1 aromatic rings. The summed E-state index contributed by atoms with van der Waals surface area (Å²) in [6, 6.07) is 10.1. The van der Waals surface area contributed by atoms with Crippen molar-refractivity contribution in [3.8, 4) is 0 Å². The Bertz CT molecular complexity index is 497. The lowest BCUT2D eigenvalue weighted by atomic mass is 9.82. The molecule has 1 aliphatic rings. The van der Waals surface area contributed by atoms with E-state index in [4.69, 9.17) is 5.73 Å². The third kappa shape index (κ3) is 3.40. The predicted molar refractivity (Wildman–Crippen MR) is 72.4 cm³/mol. The SMILES string of the molecule is NC(=O)C(=O)N/N=C1/CCCC[C@@H]1c1ccccc1. The number of nitrogens with one attached hydrogen (secondary N) is 1. The normalized spacial score (nSPS) is 21.1. The lowest BCUT2D eigenvalue weighted by Crippen LogP contribution is -2.34. The molecular weight excluding hydrogens is 242 g/mol. The minimum atomic E-state index is -1.02. The number of benzene rings is 1. The third-order valence-electron chi connectivity index (χ3n) is 3.30. The van der Waals surface area contributed by atoms with E-state index in [0.29, 0.717) is 0 Å². The van der Waals surface area contributed by atoms with Crippen LogP contribution < -0.4 is 11.2 Å². The van der Waals surface area contributed by atoms with Crippen LogP contribution in [0.4, 0.5) is 0 Å². The van der Waals surface area contributed by atoms with Gasteiger partial charge in [0.1, 0.15) is 0 Å². The minimum Gasteiger partial charge on any atom is -0.361 e. The highest BCUT2D eigenvalue weighted by atomic mass is 16.2. The van der Waals surface area contributed by atoms with Gasteiger partial charge in [0.25, 0.3) is 0 Å². The maximum absolute atomic E-state index is 11.1. The molecule has 19 heavy (non-hydrogen) atoms. The van der Waals surface area contributed by atoms with Crippen LogP contribution in [-0.4, -0.2) is 17.5 Å². The molecule has 5 nitrogen and oxygen atoms in total. The number of nitrogens with zero attached hydrogens (tertiary/aromatic N) is 1. The first-order chi connectivity index (χ1) is 9.18. The zero-order valence-electron chi connectivity index (χ0n) is 10.6. The van der Waals surface area contributed by atoms with E-state index < -0.39 is 11.8 Å². The van der Waals surface area contributed by atoms with Gasteiger partial charge in [-0.15, -0.1) is 0 Å². The Morgan fingerprint density at radius 1 is 1.21 bits per heavy atom. The van der Waals surface area contributed by atoms with E-state index in [1.54, 1.807) is 0 Å². The van der Waals surface area contributed by atoms with Crippen LogP contribution in [0.3, 0.4) is 0 Å². The first-order valence-corrected chi connectivity index (χ1v) is 6.39. The Kier molecular flexibility index (Phi) is 4.28. The van der Waals surface area contributed by atoms with Crippen LogP contribution >= 0.6 is 0 Å². The zero-order valence-corrected chi connectivity index (χ0v) is 10.6. The average Bonchev–Trinajstić information content (AvgIpc) is 2.46. The Labute approximate surface area is 111 Å². The molecule has 3 N–H and O–H groups in total. The van der Waals surface area contributed by atoms with Crippen molar-refractivity contribution in [3.63, 3.8) is 0 Å². The number of hydrazone groups is 1. The number of nitrogens with two attached hydrogens (primary N) is 1. The second-order valence-corrected chi connectivity index (χ2v) is 4.62. The summed E-state index contributed by atoms with van der Waals surface area (Å²) in [6.07, 6.45) is 4.03. The summed E-state index contributed by atoms with van der Waals surface area (Å²) in [5, 5.41) is 4.08. The van der Waals surface area contributed by atoms with Gasteiger partial charge >= 0.3 is 11.8 Å². The molecule has 2 rings (SSSR count). The molecule has 1 aliphatic carbocycles. The van der Waals surface area contributed by atoms with Crippen molar-refractivity contribution in [3.05, 3.63) is 35.9 Å². The first kappa shape index (κ1) is 13.3. The fraction of sp³-hybridized carbons (Fsp3) is 0.357. The monoisotopic (exact) mass is 259 g/mol. The fourth-order valence-corrected chi connectivity index (χ4v) is 2.35. The molecule has 0 heterocycles. The average molecular weight is 259 g/mol. The molecule has 1 fully saturated rings. The van der Waals surface area contributed by atoms with Gasteiger partial charge in [0, 0.05) is 11.6 Å². The number of carbonyl (C=O) groups is 2. The van der Waals surface area contributed by atoms with Gasteiger partial charge in [-0.2, -0.15) is 5.10 Å². The third-order valence-corrected chi connectivity index (χ3v) is 3.30. The molecule has 1 aromatic carbocycles. The molecule has 1 atom stereocenters. The molecule has 100 valence electrons. The minimum absolute atomic E-state index is 0.211. The quantitative estimate of drug-likeness (QED) is 0.619. The van der Waals surface area contributed by atoms with Crippen LogP contribution in [-0.2, 0) is 9.59 Å². The summed E-state index contributed by atoms with van der Waals surface area (Å²) >= 11 is 0. The standard InChI is InChI=1S/C14H17N3O2/c15-13(18)14(19)17-16-12-9-5-4-8-11(12)10-6-2-1-3-7-10/h1-3,6-7,11H,4-5,8-9H2,(H2,15,18)(H,17,19)/b16-12-/t11-/m1/s1. The summed E-state index contributed by atoms with van der Waals surface area (Å²) < 4.78 is 0. The highest BCUT2D eigenvalue weighted by Crippen LogP contribution is 2.30. The van der Waals surface area contributed by atoms with Crippen LogP contribution in [0.2, 0.25) is 0 Å². The molecule has 2 amide bonds. The van der Waals surface area contributed by atoms with Gasteiger partial charge < -0.3 is 5.73 Å². The molecular formula is C14H17N3O2. The number of amides is 2. The maximum Gasteiger partial charge on any atom is 0.329 e. The van der Waals surface area contributed by atoms with Gasteiger partial charge in [-0.1, -0.05) is 36.8 Å². The zero-order chi connectivity index (χ0) is 13.7. The van der Waals surface area contributed by atoms with E-state index in [0.717, 1.165) is 31.4 Å². The Morgan fingerprint density at radius 3 is 2.63 bits per heavy atom. The van der Waals surface area contributed by atoms with Crippen molar-refractivity contribution in [2.24, 2.45) is 10.8 Å². The molecule has 0 aliphatic heterocycles. The summed E-state index contributed by atoms with van der Waals surface area (Å²) in [5.41, 5.74) is 9.20. The molecule has 0 unspecified atom stereocenters. The molecule has 0 aromatic heterocycles. The van der Waals surface area contributed by atoms with Gasteiger partial charge in [-0.05, 0) is 24.8 Å². The van der Waals surface area contributed by atoms with Crippen molar-refractivity contribution >= 4 is 17.5 Å². The van der Waals surface area contributed by atoms with Crippen molar-refractivity contribution in [2.75, 3.05) is 0 Å². The van der Waals surface area contributed by atoms with Gasteiger partial charge in [0.15, 0.2) is 0 Å². The maximum atomic E-state index is 11.1. The second kappa shape index (κ2) is 6.13. The van der Waals surface area contributed by atoms with Gasteiger partial charge in [0.05, 0.1) is 0 Å². The molecule has 1 saturated carbocycles. The molecule has 0 spiro atoms. The van der Waals surface area contributed by atoms with Crippen LogP contribution in [0, 0.1) is 0 Å². The first-order valence-electron chi connectivity index (χ1n) is 6.39. The van der Waals surface area contributed by atoms with E-state index in [2.05, 4.69) is 22.7 Å². The van der Waals surface area contributed by atoms with E-state index in [9.17, 15) is 9.59 Å². The van der Waals surface area contributed by atoms with Crippen LogP contribution in [0.5, 0.6) is 0 Å². The van der Waals surface area contributed by atoms with E-state index in [1.165, 1.54) is 5.56 Å². The van der Waals surface area contributed by atoms with Crippen LogP contribution in [0.25, 0.3) is 0 Å². The summed E-state index contributed by atoms with van der Waals surface area (Å²) in [5.74, 6) is -1.68. The number of primary amides is 1. The van der Waals surface area contributed by atoms with Gasteiger partial charge in [-0.25, -0.2) is 5.43 Å². The highest BCUT2D eigenvalue weighted by molar-refractivity contribution is 6.34. The Balaban J connectivity index is 2.14. The number of rotatable bonds is 2. The molecule has 0 bridgehead atoms.